The van der Waals surface area contributed by atoms with E-state index in [-0.39, 0.29) is 0 Å². The predicted octanol–water partition coefficient (Wildman–Crippen LogP) is 2.47. The maximum atomic E-state index is 4.34. The van der Waals surface area contributed by atoms with E-state index in [2.05, 4.69) is 30.5 Å². The second kappa shape index (κ2) is 4.96. The van der Waals surface area contributed by atoms with Crippen LogP contribution in [-0.2, 0) is 0 Å². The minimum absolute atomic E-state index is 1.02. The van der Waals surface area contributed by atoms with Crippen LogP contribution in [0.25, 0.3) is 0 Å². The van der Waals surface area contributed by atoms with E-state index in [4.69, 9.17) is 0 Å². The first-order chi connectivity index (χ1) is 5.84. The van der Waals surface area contributed by atoms with Gasteiger partial charge in [-0.2, -0.15) is 5.10 Å². The summed E-state index contributed by atoms with van der Waals surface area (Å²) in [4.78, 5) is 0. The Kier molecular flexibility index (Phi) is 3.85. The molecule has 0 radical (unpaired) electrons. The summed E-state index contributed by atoms with van der Waals surface area (Å²) in [7, 11) is 0. The molecule has 1 heterocycles. The van der Waals surface area contributed by atoms with Crippen LogP contribution in [0.5, 0.6) is 0 Å². The van der Waals surface area contributed by atoms with E-state index in [9.17, 15) is 0 Å². The van der Waals surface area contributed by atoms with Crippen molar-refractivity contribution in [2.45, 2.75) is 39.5 Å². The van der Waals surface area contributed by atoms with Crippen molar-refractivity contribution in [3.05, 3.63) is 11.6 Å². The Morgan fingerprint density at radius 1 is 1.50 bits per heavy atom. The fraction of sp³-hybridized carbons (Fsp3) is 0.700. The molecule has 0 bridgehead atoms. The van der Waals surface area contributed by atoms with Crippen LogP contribution in [0.2, 0.25) is 0 Å². The highest BCUT2D eigenvalue weighted by atomic mass is 15.3. The maximum absolute atomic E-state index is 4.34. The lowest BCUT2D eigenvalue weighted by molar-refractivity contribution is 0.655. The highest BCUT2D eigenvalue weighted by Gasteiger charge is 2.00. The van der Waals surface area contributed by atoms with Crippen LogP contribution in [0.3, 0.4) is 0 Å². The molecule has 2 heteroatoms. The Bertz CT molecular complexity index is 192. The third kappa shape index (κ3) is 2.68. The Hall–Kier alpha value is -0.790. The second-order valence-electron chi connectivity index (χ2n) is 3.20. The lowest BCUT2D eigenvalue weighted by Crippen LogP contribution is -2.11. The molecule has 0 aliphatic carbocycles. The zero-order chi connectivity index (χ0) is 8.81. The molecule has 1 aliphatic rings. The zero-order valence-electron chi connectivity index (χ0n) is 8.06. The van der Waals surface area contributed by atoms with Crippen molar-refractivity contribution in [1.29, 1.82) is 0 Å². The number of hydrogen-bond acceptors (Lipinski definition) is 2. The molecule has 0 fully saturated rings. The lowest BCUT2D eigenvalue weighted by Gasteiger charge is -2.02. The topological polar surface area (TPSA) is 24.4 Å². The molecule has 1 N–H and O–H groups in total. The van der Waals surface area contributed by atoms with E-state index in [0.29, 0.717) is 0 Å². The van der Waals surface area contributed by atoms with Crippen molar-refractivity contribution in [2.75, 3.05) is 6.54 Å². The monoisotopic (exact) mass is 166 g/mol. The van der Waals surface area contributed by atoms with Gasteiger partial charge in [0.25, 0.3) is 0 Å². The molecule has 0 saturated carbocycles. The molecule has 12 heavy (non-hydrogen) atoms. The van der Waals surface area contributed by atoms with Gasteiger partial charge >= 0.3 is 0 Å². The number of nitrogens with zero attached hydrogens (tertiary/aromatic N) is 1. The Morgan fingerprint density at radius 3 is 3.08 bits per heavy atom. The third-order valence-electron chi connectivity index (χ3n) is 2.20. The Morgan fingerprint density at radius 2 is 2.33 bits per heavy atom. The summed E-state index contributed by atoms with van der Waals surface area (Å²) >= 11 is 0. The molecular formula is C10H18N2. The average molecular weight is 166 g/mol. The van der Waals surface area contributed by atoms with Gasteiger partial charge < -0.3 is 5.43 Å². The summed E-state index contributed by atoms with van der Waals surface area (Å²) in [5.74, 6) is 0. The van der Waals surface area contributed by atoms with Gasteiger partial charge in [0.15, 0.2) is 0 Å². The van der Waals surface area contributed by atoms with Gasteiger partial charge in [-0.05, 0) is 38.2 Å². The van der Waals surface area contributed by atoms with E-state index in [1.54, 1.807) is 0 Å². The van der Waals surface area contributed by atoms with Crippen molar-refractivity contribution in [1.82, 2.24) is 5.43 Å². The predicted molar refractivity (Wildman–Crippen MR) is 53.3 cm³/mol. The molecule has 0 amide bonds. The van der Waals surface area contributed by atoms with Gasteiger partial charge in [0.2, 0.25) is 0 Å². The molecule has 0 aromatic rings. The summed E-state index contributed by atoms with van der Waals surface area (Å²) in [5, 5.41) is 4.34. The number of hydrazone groups is 1. The first-order valence-corrected chi connectivity index (χ1v) is 4.81. The van der Waals surface area contributed by atoms with Gasteiger partial charge in [-0.3, -0.25) is 0 Å². The Labute approximate surface area is 74.7 Å². The first-order valence-electron chi connectivity index (χ1n) is 4.81. The summed E-state index contributed by atoms with van der Waals surface area (Å²) < 4.78 is 0. The first kappa shape index (κ1) is 9.30. The number of allylic oxidation sites excluding steroid dienone is 2. The Balaban J connectivity index is 2.66. The number of rotatable bonds is 1. The van der Waals surface area contributed by atoms with E-state index in [0.717, 1.165) is 13.0 Å². The summed E-state index contributed by atoms with van der Waals surface area (Å²) in [6, 6.07) is 0. The van der Waals surface area contributed by atoms with Crippen molar-refractivity contribution in [3.63, 3.8) is 0 Å². The quantitative estimate of drug-likeness (QED) is 0.636. The molecular weight excluding hydrogens is 148 g/mol. The summed E-state index contributed by atoms with van der Waals surface area (Å²) in [6.45, 7) is 5.32. The van der Waals surface area contributed by atoms with Gasteiger partial charge in [-0.1, -0.05) is 13.0 Å². The molecule has 0 aromatic heterocycles. The number of nitrogens with one attached hydrogen (secondary N) is 1. The average Bonchev–Trinajstić information content (AvgIpc) is 2.17. The lowest BCUT2D eigenvalue weighted by atomic mass is 10.1. The van der Waals surface area contributed by atoms with Gasteiger partial charge in [-0.15, -0.1) is 0 Å². The smallest absolute Gasteiger partial charge is 0.0626 e. The van der Waals surface area contributed by atoms with Crippen LogP contribution in [0.4, 0.5) is 0 Å². The molecule has 68 valence electrons. The van der Waals surface area contributed by atoms with Crippen molar-refractivity contribution < 1.29 is 0 Å². The molecule has 0 unspecified atom stereocenters. The fourth-order valence-electron chi connectivity index (χ4n) is 1.38. The van der Waals surface area contributed by atoms with Crippen LogP contribution >= 0.6 is 0 Å². The van der Waals surface area contributed by atoms with Crippen molar-refractivity contribution in [3.8, 4) is 0 Å². The highest BCUT2D eigenvalue weighted by molar-refractivity contribution is 5.99. The van der Waals surface area contributed by atoms with Crippen LogP contribution in [0, 0.1) is 0 Å². The van der Waals surface area contributed by atoms with Gasteiger partial charge in [0.05, 0.1) is 5.71 Å². The van der Waals surface area contributed by atoms with Crippen LogP contribution in [-0.4, -0.2) is 12.3 Å². The second-order valence-corrected chi connectivity index (χ2v) is 3.20. The van der Waals surface area contributed by atoms with E-state index in [1.165, 1.54) is 30.5 Å². The number of hydrogen-bond donors (Lipinski definition) is 1. The fourth-order valence-corrected chi connectivity index (χ4v) is 1.38. The van der Waals surface area contributed by atoms with Gasteiger partial charge in [-0.25, -0.2) is 0 Å². The molecule has 0 aromatic carbocycles. The van der Waals surface area contributed by atoms with E-state index < -0.39 is 0 Å². The van der Waals surface area contributed by atoms with E-state index in [1.807, 2.05) is 0 Å². The maximum Gasteiger partial charge on any atom is 0.0626 e. The van der Waals surface area contributed by atoms with E-state index >= 15 is 0 Å². The largest absolute Gasteiger partial charge is 0.310 e. The van der Waals surface area contributed by atoms with Crippen molar-refractivity contribution >= 4 is 5.71 Å². The van der Waals surface area contributed by atoms with Gasteiger partial charge in [0.1, 0.15) is 0 Å². The van der Waals surface area contributed by atoms with Crippen LogP contribution in [0.1, 0.15) is 39.5 Å². The summed E-state index contributed by atoms with van der Waals surface area (Å²) in [6.07, 6.45) is 7.03. The molecule has 0 atom stereocenters. The SMILES string of the molecule is CCC1=N/NCCCC\C=C\1C. The van der Waals surface area contributed by atoms with Crippen molar-refractivity contribution in [2.24, 2.45) is 5.10 Å². The third-order valence-corrected chi connectivity index (χ3v) is 2.20. The van der Waals surface area contributed by atoms with Crippen LogP contribution in [0.15, 0.2) is 16.8 Å². The molecule has 1 rings (SSSR count). The molecule has 0 saturated heterocycles. The zero-order valence-corrected chi connectivity index (χ0v) is 8.06. The highest BCUT2D eigenvalue weighted by Crippen LogP contribution is 2.07. The van der Waals surface area contributed by atoms with Crippen LogP contribution < -0.4 is 5.43 Å². The minimum atomic E-state index is 1.02. The summed E-state index contributed by atoms with van der Waals surface area (Å²) in [5.41, 5.74) is 5.65. The molecule has 1 aliphatic heterocycles. The molecule has 2 nitrogen and oxygen atoms in total. The molecule has 0 spiro atoms. The normalized spacial score (nSPS) is 28.2. The van der Waals surface area contributed by atoms with Gasteiger partial charge in [0, 0.05) is 6.54 Å². The minimum Gasteiger partial charge on any atom is -0.310 e. The standard InChI is InChI=1S/C10H18N2/c1-3-10-9(2)7-5-4-6-8-11-12-10/h7,11H,3-6,8H2,1-2H3/b9-7+,12-10-.